The van der Waals surface area contributed by atoms with Crippen molar-refractivity contribution in [3.63, 3.8) is 0 Å². The molecular formula is C11H12FNO2. The highest BCUT2D eigenvalue weighted by molar-refractivity contribution is 5.85. The first-order valence-corrected chi connectivity index (χ1v) is 4.71. The Hall–Kier alpha value is -1.55. The minimum absolute atomic E-state index is 0.321. The lowest BCUT2D eigenvalue weighted by molar-refractivity contribution is 0.396. The van der Waals surface area contributed by atoms with E-state index in [1.807, 2.05) is 0 Å². The molecule has 0 fully saturated rings. The normalized spacial score (nSPS) is 10.9. The summed E-state index contributed by atoms with van der Waals surface area (Å²) in [6.45, 7) is 0.471. The molecule has 0 aliphatic rings. The SMILES string of the molecule is COc1c(CCN)oc2cc(F)ccc12. The predicted octanol–water partition coefficient (Wildman–Crippen LogP) is 2.08. The fourth-order valence-electron chi connectivity index (χ4n) is 1.62. The summed E-state index contributed by atoms with van der Waals surface area (Å²) in [4.78, 5) is 0. The summed E-state index contributed by atoms with van der Waals surface area (Å²) in [6.07, 6.45) is 0.583. The molecule has 1 aromatic carbocycles. The standard InChI is InChI=1S/C11H12FNO2/c1-14-11-8-3-2-7(12)6-10(8)15-9(11)4-5-13/h2-3,6H,4-5,13H2,1H3. The van der Waals surface area contributed by atoms with Crippen LogP contribution >= 0.6 is 0 Å². The lowest BCUT2D eigenvalue weighted by Gasteiger charge is -1.98. The first kappa shape index (κ1) is 9.98. The van der Waals surface area contributed by atoms with E-state index in [1.165, 1.54) is 12.1 Å². The van der Waals surface area contributed by atoms with Crippen LogP contribution in [0.5, 0.6) is 5.75 Å². The fraction of sp³-hybridized carbons (Fsp3) is 0.273. The van der Waals surface area contributed by atoms with Gasteiger partial charge in [0.1, 0.15) is 17.2 Å². The van der Waals surface area contributed by atoms with Gasteiger partial charge >= 0.3 is 0 Å². The Morgan fingerprint density at radius 2 is 2.27 bits per heavy atom. The highest BCUT2D eigenvalue weighted by Crippen LogP contribution is 2.33. The number of ether oxygens (including phenoxy) is 1. The van der Waals surface area contributed by atoms with Gasteiger partial charge in [0.15, 0.2) is 5.75 Å². The fourth-order valence-corrected chi connectivity index (χ4v) is 1.62. The number of rotatable bonds is 3. The number of benzene rings is 1. The van der Waals surface area contributed by atoms with E-state index in [1.54, 1.807) is 13.2 Å². The van der Waals surface area contributed by atoms with Crippen molar-refractivity contribution in [2.24, 2.45) is 5.73 Å². The molecule has 0 atom stereocenters. The smallest absolute Gasteiger partial charge is 0.168 e. The lowest BCUT2D eigenvalue weighted by atomic mass is 10.2. The van der Waals surface area contributed by atoms with Gasteiger partial charge in [0.05, 0.1) is 12.5 Å². The second kappa shape index (κ2) is 3.90. The van der Waals surface area contributed by atoms with Crippen LogP contribution in [0.1, 0.15) is 5.76 Å². The molecule has 4 heteroatoms. The second-order valence-electron chi connectivity index (χ2n) is 3.24. The van der Waals surface area contributed by atoms with Crippen LogP contribution in [0.25, 0.3) is 11.0 Å². The molecule has 15 heavy (non-hydrogen) atoms. The molecule has 1 heterocycles. The summed E-state index contributed by atoms with van der Waals surface area (Å²) >= 11 is 0. The number of halogens is 1. The minimum Gasteiger partial charge on any atom is -0.492 e. The summed E-state index contributed by atoms with van der Waals surface area (Å²) in [5.74, 6) is 0.995. The van der Waals surface area contributed by atoms with Gasteiger partial charge in [0.2, 0.25) is 0 Å². The van der Waals surface area contributed by atoms with Crippen molar-refractivity contribution < 1.29 is 13.5 Å². The van der Waals surface area contributed by atoms with Gasteiger partial charge in [-0.2, -0.15) is 0 Å². The van der Waals surface area contributed by atoms with Crippen LogP contribution in [0.4, 0.5) is 4.39 Å². The van der Waals surface area contributed by atoms with Crippen LogP contribution < -0.4 is 10.5 Å². The third kappa shape index (κ3) is 1.68. The van der Waals surface area contributed by atoms with Gasteiger partial charge in [-0.3, -0.25) is 0 Å². The van der Waals surface area contributed by atoms with Crippen molar-refractivity contribution in [1.29, 1.82) is 0 Å². The molecule has 3 nitrogen and oxygen atoms in total. The van der Waals surface area contributed by atoms with E-state index in [0.717, 1.165) is 5.39 Å². The van der Waals surface area contributed by atoms with Crippen molar-refractivity contribution in [1.82, 2.24) is 0 Å². The minimum atomic E-state index is -0.321. The Kier molecular flexibility index (Phi) is 2.60. The van der Waals surface area contributed by atoms with Gasteiger partial charge in [-0.25, -0.2) is 4.39 Å². The topological polar surface area (TPSA) is 48.4 Å². The summed E-state index contributed by atoms with van der Waals surface area (Å²) in [5.41, 5.74) is 5.94. The van der Waals surface area contributed by atoms with Crippen molar-refractivity contribution in [3.05, 3.63) is 29.8 Å². The second-order valence-corrected chi connectivity index (χ2v) is 3.24. The van der Waals surface area contributed by atoms with Gasteiger partial charge in [-0.1, -0.05) is 0 Å². The van der Waals surface area contributed by atoms with Gasteiger partial charge in [-0.15, -0.1) is 0 Å². The molecule has 0 aliphatic heterocycles. The van der Waals surface area contributed by atoms with Crippen molar-refractivity contribution >= 4 is 11.0 Å². The van der Waals surface area contributed by atoms with Crippen molar-refractivity contribution in [2.45, 2.75) is 6.42 Å². The molecule has 80 valence electrons. The van der Waals surface area contributed by atoms with E-state index < -0.39 is 0 Å². The first-order valence-electron chi connectivity index (χ1n) is 4.71. The van der Waals surface area contributed by atoms with Gasteiger partial charge < -0.3 is 14.9 Å². The Bertz CT molecular complexity index is 479. The molecule has 0 radical (unpaired) electrons. The predicted molar refractivity (Wildman–Crippen MR) is 55.5 cm³/mol. The maximum absolute atomic E-state index is 12.9. The van der Waals surface area contributed by atoms with E-state index in [0.29, 0.717) is 30.1 Å². The molecule has 2 aromatic rings. The maximum Gasteiger partial charge on any atom is 0.168 e. The largest absolute Gasteiger partial charge is 0.492 e. The van der Waals surface area contributed by atoms with E-state index in [9.17, 15) is 4.39 Å². The number of nitrogens with two attached hydrogens (primary N) is 1. The van der Waals surface area contributed by atoms with Crippen molar-refractivity contribution in [3.8, 4) is 5.75 Å². The average molecular weight is 209 g/mol. The van der Waals surface area contributed by atoms with Gasteiger partial charge in [0.25, 0.3) is 0 Å². The highest BCUT2D eigenvalue weighted by atomic mass is 19.1. The molecule has 0 spiro atoms. The zero-order valence-corrected chi connectivity index (χ0v) is 8.42. The zero-order chi connectivity index (χ0) is 10.8. The summed E-state index contributed by atoms with van der Waals surface area (Å²) < 4.78 is 23.6. The van der Waals surface area contributed by atoms with E-state index in [4.69, 9.17) is 14.9 Å². The number of fused-ring (bicyclic) bond motifs is 1. The lowest BCUT2D eigenvalue weighted by Crippen LogP contribution is -2.02. The average Bonchev–Trinajstić information content (AvgIpc) is 2.54. The third-order valence-electron chi connectivity index (χ3n) is 2.25. The van der Waals surface area contributed by atoms with Crippen LogP contribution in [-0.2, 0) is 6.42 Å². The molecule has 1 aromatic heterocycles. The number of hydrogen-bond donors (Lipinski definition) is 1. The Balaban J connectivity index is 2.62. The molecular weight excluding hydrogens is 197 g/mol. The number of hydrogen-bond acceptors (Lipinski definition) is 3. The Morgan fingerprint density at radius 1 is 1.47 bits per heavy atom. The van der Waals surface area contributed by atoms with E-state index in [-0.39, 0.29) is 5.82 Å². The summed E-state index contributed by atoms with van der Waals surface area (Å²) in [6, 6.07) is 4.37. The zero-order valence-electron chi connectivity index (χ0n) is 8.42. The van der Waals surface area contributed by atoms with Crippen LogP contribution in [0.2, 0.25) is 0 Å². The highest BCUT2D eigenvalue weighted by Gasteiger charge is 2.14. The van der Waals surface area contributed by atoms with Gasteiger partial charge in [-0.05, 0) is 18.7 Å². The molecule has 2 rings (SSSR count). The van der Waals surface area contributed by atoms with E-state index in [2.05, 4.69) is 0 Å². The number of methoxy groups -OCH3 is 1. The quantitative estimate of drug-likeness (QED) is 0.841. The maximum atomic E-state index is 12.9. The first-order chi connectivity index (χ1) is 7.26. The van der Waals surface area contributed by atoms with Crippen LogP contribution in [0.3, 0.4) is 0 Å². The molecule has 0 aliphatic carbocycles. The molecule has 0 saturated carbocycles. The number of furan rings is 1. The van der Waals surface area contributed by atoms with Crippen LogP contribution in [-0.4, -0.2) is 13.7 Å². The van der Waals surface area contributed by atoms with E-state index >= 15 is 0 Å². The molecule has 0 bridgehead atoms. The van der Waals surface area contributed by atoms with Crippen molar-refractivity contribution in [2.75, 3.05) is 13.7 Å². The summed E-state index contributed by atoms with van der Waals surface area (Å²) in [5, 5.41) is 0.780. The molecule has 0 unspecified atom stereocenters. The Morgan fingerprint density at radius 3 is 2.93 bits per heavy atom. The summed E-state index contributed by atoms with van der Waals surface area (Å²) in [7, 11) is 1.56. The monoisotopic (exact) mass is 209 g/mol. The molecule has 0 amide bonds. The molecule has 0 saturated heterocycles. The third-order valence-corrected chi connectivity index (χ3v) is 2.25. The Labute approximate surface area is 86.6 Å². The van der Waals surface area contributed by atoms with Crippen LogP contribution in [0, 0.1) is 5.82 Å². The van der Waals surface area contributed by atoms with Crippen LogP contribution in [0.15, 0.2) is 22.6 Å². The molecule has 2 N–H and O–H groups in total. The van der Waals surface area contributed by atoms with Gasteiger partial charge in [0, 0.05) is 12.5 Å².